The van der Waals surface area contributed by atoms with Gasteiger partial charge in [0.1, 0.15) is 0 Å². The van der Waals surface area contributed by atoms with Crippen molar-refractivity contribution >= 4 is 67.6 Å². The van der Waals surface area contributed by atoms with Crippen molar-refractivity contribution in [1.82, 2.24) is 0 Å². The fourth-order valence-electron chi connectivity index (χ4n) is 2.31. The molecule has 144 valence electrons. The highest BCUT2D eigenvalue weighted by atomic mass is 35.5. The van der Waals surface area contributed by atoms with Crippen molar-refractivity contribution in [3.8, 4) is 0 Å². The standard InChI is InChI=1S/C19H15Cl2N3O2S2/c20-13-6-11-18(17(21)12-13)23-19(27)22-14-7-9-16(10-8-14)28(25,26)24-15-4-2-1-3-5-15/h1-12,24H,(H2,22,23,27). The van der Waals surface area contributed by atoms with Crippen LogP contribution in [0.25, 0.3) is 0 Å². The lowest BCUT2D eigenvalue weighted by Crippen LogP contribution is -2.19. The van der Waals surface area contributed by atoms with Crippen LogP contribution in [-0.2, 0) is 10.0 Å². The molecular formula is C19H15Cl2N3O2S2. The summed E-state index contributed by atoms with van der Waals surface area (Å²) in [6.07, 6.45) is 0. The summed E-state index contributed by atoms with van der Waals surface area (Å²) in [6.45, 7) is 0. The third kappa shape index (κ3) is 5.36. The summed E-state index contributed by atoms with van der Waals surface area (Å²) in [7, 11) is -3.67. The van der Waals surface area contributed by atoms with E-state index in [0.717, 1.165) is 0 Å². The zero-order valence-corrected chi connectivity index (χ0v) is 17.5. The first-order chi connectivity index (χ1) is 13.3. The van der Waals surface area contributed by atoms with Gasteiger partial charge in [-0.15, -0.1) is 0 Å². The fourth-order valence-corrected chi connectivity index (χ4v) is 4.06. The SMILES string of the molecule is O=S(=O)(Nc1ccccc1)c1ccc(NC(=S)Nc2ccc(Cl)cc2Cl)cc1. The van der Waals surface area contributed by atoms with Crippen LogP contribution in [0.5, 0.6) is 0 Å². The van der Waals surface area contributed by atoms with E-state index in [1.165, 1.54) is 12.1 Å². The zero-order chi connectivity index (χ0) is 20.1. The molecule has 0 aliphatic carbocycles. The predicted octanol–water partition coefficient (Wildman–Crippen LogP) is 5.60. The molecule has 0 atom stereocenters. The molecule has 0 heterocycles. The predicted molar refractivity (Wildman–Crippen MR) is 120 cm³/mol. The Kier molecular flexibility index (Phi) is 6.41. The van der Waals surface area contributed by atoms with Crippen molar-refractivity contribution in [2.75, 3.05) is 15.4 Å². The number of anilines is 3. The highest BCUT2D eigenvalue weighted by Crippen LogP contribution is 2.25. The Morgan fingerprint density at radius 2 is 1.50 bits per heavy atom. The van der Waals surface area contributed by atoms with Crippen LogP contribution in [0.15, 0.2) is 77.7 Å². The number of benzene rings is 3. The Morgan fingerprint density at radius 3 is 2.14 bits per heavy atom. The first kappa shape index (κ1) is 20.4. The summed E-state index contributed by atoms with van der Waals surface area (Å²) in [5, 5.41) is 7.20. The maximum atomic E-state index is 12.4. The van der Waals surface area contributed by atoms with E-state index in [1.807, 2.05) is 6.07 Å². The lowest BCUT2D eigenvalue weighted by atomic mass is 10.3. The van der Waals surface area contributed by atoms with Crippen LogP contribution < -0.4 is 15.4 Å². The number of nitrogens with one attached hydrogen (secondary N) is 3. The molecule has 3 N–H and O–H groups in total. The van der Waals surface area contributed by atoms with E-state index >= 15 is 0 Å². The molecule has 3 aromatic rings. The van der Waals surface area contributed by atoms with E-state index in [4.69, 9.17) is 35.4 Å². The van der Waals surface area contributed by atoms with Crippen LogP contribution in [0.4, 0.5) is 17.1 Å². The molecule has 3 aromatic carbocycles. The van der Waals surface area contributed by atoms with Crippen molar-refractivity contribution in [2.24, 2.45) is 0 Å². The highest BCUT2D eigenvalue weighted by Gasteiger charge is 2.14. The maximum Gasteiger partial charge on any atom is 0.261 e. The molecule has 0 amide bonds. The zero-order valence-electron chi connectivity index (χ0n) is 14.3. The van der Waals surface area contributed by atoms with Gasteiger partial charge in [-0.3, -0.25) is 4.72 Å². The minimum absolute atomic E-state index is 0.140. The van der Waals surface area contributed by atoms with Gasteiger partial charge in [0, 0.05) is 16.4 Å². The van der Waals surface area contributed by atoms with Crippen molar-refractivity contribution in [2.45, 2.75) is 4.90 Å². The second kappa shape index (κ2) is 8.79. The average molecular weight is 452 g/mol. The summed E-state index contributed by atoms with van der Waals surface area (Å²) in [5.41, 5.74) is 1.73. The molecule has 0 saturated carbocycles. The molecule has 5 nitrogen and oxygen atoms in total. The molecule has 0 aromatic heterocycles. The molecule has 3 rings (SSSR count). The molecule has 0 saturated heterocycles. The van der Waals surface area contributed by atoms with E-state index in [1.54, 1.807) is 54.6 Å². The van der Waals surface area contributed by atoms with Crippen molar-refractivity contribution < 1.29 is 8.42 Å². The number of hydrogen-bond acceptors (Lipinski definition) is 3. The Labute approximate surface area is 178 Å². The van der Waals surface area contributed by atoms with E-state index in [-0.39, 0.29) is 4.90 Å². The first-order valence-electron chi connectivity index (χ1n) is 8.04. The summed E-state index contributed by atoms with van der Waals surface area (Å²) >= 11 is 17.2. The molecule has 9 heteroatoms. The Bertz CT molecular complexity index is 1090. The van der Waals surface area contributed by atoms with Crippen LogP contribution in [0, 0.1) is 0 Å². The highest BCUT2D eigenvalue weighted by molar-refractivity contribution is 7.92. The summed E-state index contributed by atoms with van der Waals surface area (Å²) in [6, 6.07) is 19.9. The molecule has 0 radical (unpaired) electrons. The van der Waals surface area contributed by atoms with Crippen LogP contribution in [0.3, 0.4) is 0 Å². The molecule has 0 spiro atoms. The average Bonchev–Trinajstić information content (AvgIpc) is 2.65. The molecule has 0 unspecified atom stereocenters. The molecule has 0 aliphatic rings. The number of thiocarbonyl (C=S) groups is 1. The van der Waals surface area contributed by atoms with E-state index < -0.39 is 10.0 Å². The monoisotopic (exact) mass is 451 g/mol. The van der Waals surface area contributed by atoms with Gasteiger partial charge in [-0.1, -0.05) is 41.4 Å². The quantitative estimate of drug-likeness (QED) is 0.440. The Hall–Kier alpha value is -2.32. The van der Waals surface area contributed by atoms with Gasteiger partial charge in [0.15, 0.2) is 5.11 Å². The maximum absolute atomic E-state index is 12.4. The normalized spacial score (nSPS) is 10.9. The third-order valence-corrected chi connectivity index (χ3v) is 5.78. The first-order valence-corrected chi connectivity index (χ1v) is 10.7. The Balaban J connectivity index is 1.66. The van der Waals surface area contributed by atoms with Gasteiger partial charge < -0.3 is 10.6 Å². The van der Waals surface area contributed by atoms with Gasteiger partial charge >= 0.3 is 0 Å². The number of rotatable bonds is 5. The second-order valence-electron chi connectivity index (χ2n) is 5.70. The molecule has 28 heavy (non-hydrogen) atoms. The van der Waals surface area contributed by atoms with Crippen LogP contribution in [0.1, 0.15) is 0 Å². The molecular weight excluding hydrogens is 437 g/mol. The van der Waals surface area contributed by atoms with Crippen LogP contribution in [0.2, 0.25) is 10.0 Å². The fraction of sp³-hybridized carbons (Fsp3) is 0. The van der Waals surface area contributed by atoms with Gasteiger partial charge in [0.25, 0.3) is 10.0 Å². The topological polar surface area (TPSA) is 70.2 Å². The van der Waals surface area contributed by atoms with Gasteiger partial charge in [0.2, 0.25) is 0 Å². The summed E-state index contributed by atoms with van der Waals surface area (Å²) in [5.74, 6) is 0. The number of halogens is 2. The number of sulfonamides is 1. The smallest absolute Gasteiger partial charge is 0.261 e. The Morgan fingerprint density at radius 1 is 0.821 bits per heavy atom. The van der Waals surface area contributed by atoms with Gasteiger partial charge in [-0.25, -0.2) is 8.42 Å². The molecule has 0 aliphatic heterocycles. The minimum atomic E-state index is -3.67. The molecule has 0 fully saturated rings. The van der Waals surface area contributed by atoms with Gasteiger partial charge in [-0.05, 0) is 66.8 Å². The van der Waals surface area contributed by atoms with E-state index in [9.17, 15) is 8.42 Å². The number of hydrogen-bond donors (Lipinski definition) is 3. The lowest BCUT2D eigenvalue weighted by Gasteiger charge is -2.13. The second-order valence-corrected chi connectivity index (χ2v) is 8.63. The molecule has 0 bridgehead atoms. The van der Waals surface area contributed by atoms with E-state index in [2.05, 4.69) is 15.4 Å². The van der Waals surface area contributed by atoms with Crippen molar-refractivity contribution in [3.63, 3.8) is 0 Å². The van der Waals surface area contributed by atoms with Crippen molar-refractivity contribution in [3.05, 3.63) is 82.8 Å². The largest absolute Gasteiger partial charge is 0.332 e. The minimum Gasteiger partial charge on any atom is -0.332 e. The van der Waals surface area contributed by atoms with Crippen LogP contribution >= 0.6 is 35.4 Å². The summed E-state index contributed by atoms with van der Waals surface area (Å²) < 4.78 is 27.4. The van der Waals surface area contributed by atoms with E-state index in [0.29, 0.717) is 32.2 Å². The lowest BCUT2D eigenvalue weighted by molar-refractivity contribution is 0.601. The summed E-state index contributed by atoms with van der Waals surface area (Å²) in [4.78, 5) is 0.140. The van der Waals surface area contributed by atoms with Crippen molar-refractivity contribution in [1.29, 1.82) is 0 Å². The number of para-hydroxylation sites is 1. The van der Waals surface area contributed by atoms with Crippen LogP contribution in [-0.4, -0.2) is 13.5 Å². The van der Waals surface area contributed by atoms with Gasteiger partial charge in [-0.2, -0.15) is 0 Å². The van der Waals surface area contributed by atoms with Gasteiger partial charge in [0.05, 0.1) is 15.6 Å². The third-order valence-electron chi connectivity index (χ3n) is 3.63.